The van der Waals surface area contributed by atoms with E-state index in [1.807, 2.05) is 17.0 Å². The summed E-state index contributed by atoms with van der Waals surface area (Å²) in [6, 6.07) is 8.32. The van der Waals surface area contributed by atoms with E-state index in [4.69, 9.17) is 9.47 Å². The van der Waals surface area contributed by atoms with E-state index in [2.05, 4.69) is 32.1 Å². The van der Waals surface area contributed by atoms with Gasteiger partial charge in [0, 0.05) is 69.0 Å². The lowest BCUT2D eigenvalue weighted by molar-refractivity contribution is -0.137. The summed E-state index contributed by atoms with van der Waals surface area (Å²) < 4.78 is 10.6. The Kier molecular flexibility index (Phi) is 7.17. The van der Waals surface area contributed by atoms with Crippen LogP contribution in [-0.2, 0) is 14.3 Å². The van der Waals surface area contributed by atoms with Crippen molar-refractivity contribution >= 4 is 34.4 Å². The number of benzene rings is 1. The van der Waals surface area contributed by atoms with Gasteiger partial charge >= 0.3 is 6.09 Å². The summed E-state index contributed by atoms with van der Waals surface area (Å²) >= 11 is 0. The molecule has 188 valence electrons. The van der Waals surface area contributed by atoms with Gasteiger partial charge in [-0.1, -0.05) is 24.3 Å². The smallest absolute Gasteiger partial charge is 0.409 e. The molecule has 0 bridgehead atoms. The number of ether oxygens (including phenoxy) is 2. The van der Waals surface area contributed by atoms with E-state index in [1.165, 1.54) is 0 Å². The summed E-state index contributed by atoms with van der Waals surface area (Å²) in [5.41, 5.74) is 0. The number of fused-ring (bicyclic) bond motifs is 1. The first-order chi connectivity index (χ1) is 17.2. The van der Waals surface area contributed by atoms with Crippen molar-refractivity contribution in [2.75, 3.05) is 82.0 Å². The van der Waals surface area contributed by atoms with E-state index in [9.17, 15) is 9.59 Å². The zero-order chi connectivity index (χ0) is 24.2. The zero-order valence-corrected chi connectivity index (χ0v) is 20.4. The number of carbonyl (C=O) groups is 2. The largest absolute Gasteiger partial charge is 0.450 e. The van der Waals surface area contributed by atoms with Crippen molar-refractivity contribution in [2.45, 2.75) is 19.8 Å². The van der Waals surface area contributed by atoms with E-state index in [-0.39, 0.29) is 17.9 Å². The molecular formula is C25H34N6O4. The van der Waals surface area contributed by atoms with Crippen LogP contribution in [0.3, 0.4) is 0 Å². The Hall–Kier alpha value is -3.14. The predicted molar refractivity (Wildman–Crippen MR) is 133 cm³/mol. The van der Waals surface area contributed by atoms with Crippen LogP contribution in [0.5, 0.6) is 0 Å². The molecule has 2 aromatic rings. The second-order valence-corrected chi connectivity index (χ2v) is 9.26. The molecule has 3 fully saturated rings. The van der Waals surface area contributed by atoms with Crippen molar-refractivity contribution in [3.63, 3.8) is 0 Å². The van der Waals surface area contributed by atoms with E-state index in [0.29, 0.717) is 46.0 Å². The van der Waals surface area contributed by atoms with Gasteiger partial charge in [-0.2, -0.15) is 0 Å². The number of morpholine rings is 1. The normalized spacial score (nSPS) is 19.8. The van der Waals surface area contributed by atoms with Gasteiger partial charge in [0.05, 0.1) is 19.8 Å². The van der Waals surface area contributed by atoms with Crippen LogP contribution in [0.1, 0.15) is 19.8 Å². The number of piperazine rings is 1. The SMILES string of the molecule is CCOC(=O)N1CCN(C(=O)C2CCN(c3nnc(N4CCOCC4)c4ccccc34)CC2)CC1. The van der Waals surface area contributed by atoms with Gasteiger partial charge in [0.25, 0.3) is 0 Å². The monoisotopic (exact) mass is 482 g/mol. The molecule has 0 spiro atoms. The molecular weight excluding hydrogens is 448 g/mol. The van der Waals surface area contributed by atoms with Crippen molar-refractivity contribution in [3.05, 3.63) is 24.3 Å². The number of amides is 2. The number of hydrogen-bond donors (Lipinski definition) is 0. The molecule has 10 nitrogen and oxygen atoms in total. The number of carbonyl (C=O) groups excluding carboxylic acids is 2. The average Bonchev–Trinajstić information content (AvgIpc) is 2.93. The minimum absolute atomic E-state index is 0.00670. The molecule has 0 N–H and O–H groups in total. The zero-order valence-electron chi connectivity index (χ0n) is 20.4. The van der Waals surface area contributed by atoms with Crippen LogP contribution in [-0.4, -0.2) is 104 Å². The van der Waals surface area contributed by atoms with Crippen molar-refractivity contribution in [1.82, 2.24) is 20.0 Å². The Balaban J connectivity index is 1.22. The lowest BCUT2D eigenvalue weighted by Gasteiger charge is -2.38. The molecule has 1 aromatic carbocycles. The molecule has 0 aliphatic carbocycles. The van der Waals surface area contributed by atoms with Crippen molar-refractivity contribution in [3.8, 4) is 0 Å². The van der Waals surface area contributed by atoms with Crippen LogP contribution in [0.2, 0.25) is 0 Å². The average molecular weight is 483 g/mol. The fourth-order valence-corrected chi connectivity index (χ4v) is 5.24. The third kappa shape index (κ3) is 4.98. The highest BCUT2D eigenvalue weighted by atomic mass is 16.6. The summed E-state index contributed by atoms with van der Waals surface area (Å²) in [5.74, 6) is 2.02. The fraction of sp³-hybridized carbons (Fsp3) is 0.600. The van der Waals surface area contributed by atoms with Gasteiger partial charge in [-0.3, -0.25) is 4.79 Å². The van der Waals surface area contributed by atoms with Crippen LogP contribution in [0.15, 0.2) is 24.3 Å². The van der Waals surface area contributed by atoms with Gasteiger partial charge in [0.15, 0.2) is 11.6 Å². The van der Waals surface area contributed by atoms with Gasteiger partial charge in [0.1, 0.15) is 0 Å². The quantitative estimate of drug-likeness (QED) is 0.654. The number of rotatable bonds is 4. The minimum Gasteiger partial charge on any atom is -0.450 e. The number of aromatic nitrogens is 2. The summed E-state index contributed by atoms with van der Waals surface area (Å²) in [7, 11) is 0. The van der Waals surface area contributed by atoms with E-state index >= 15 is 0 Å². The summed E-state index contributed by atoms with van der Waals surface area (Å²) in [6.07, 6.45) is 1.29. The molecule has 0 unspecified atom stereocenters. The Labute approximate surface area is 205 Å². The van der Waals surface area contributed by atoms with Gasteiger partial charge < -0.3 is 29.1 Å². The molecule has 3 aliphatic rings. The molecule has 2 amide bonds. The van der Waals surface area contributed by atoms with Crippen LogP contribution in [0.4, 0.5) is 16.4 Å². The molecule has 0 radical (unpaired) electrons. The molecule has 1 aromatic heterocycles. The standard InChI is InChI=1S/C25H34N6O4/c1-2-35-25(33)31-13-11-30(12-14-31)24(32)19-7-9-28(10-8-19)22-20-5-3-4-6-21(20)23(27-26-22)29-15-17-34-18-16-29/h3-6,19H,2,7-18H2,1H3. The van der Waals surface area contributed by atoms with Crippen molar-refractivity contribution in [1.29, 1.82) is 0 Å². The van der Waals surface area contributed by atoms with Crippen molar-refractivity contribution in [2.24, 2.45) is 5.92 Å². The molecule has 0 atom stereocenters. The highest BCUT2D eigenvalue weighted by Crippen LogP contribution is 2.33. The molecule has 10 heteroatoms. The first-order valence-electron chi connectivity index (χ1n) is 12.7. The maximum Gasteiger partial charge on any atom is 0.409 e. The molecule has 3 aliphatic heterocycles. The molecule has 5 rings (SSSR count). The molecule has 35 heavy (non-hydrogen) atoms. The first-order valence-corrected chi connectivity index (χ1v) is 12.7. The second kappa shape index (κ2) is 10.6. The summed E-state index contributed by atoms with van der Waals surface area (Å²) in [6.45, 7) is 8.95. The lowest BCUT2D eigenvalue weighted by Crippen LogP contribution is -2.53. The van der Waals surface area contributed by atoms with Crippen LogP contribution < -0.4 is 9.80 Å². The topological polar surface area (TPSA) is 91.3 Å². The van der Waals surface area contributed by atoms with Crippen LogP contribution in [0.25, 0.3) is 10.8 Å². The van der Waals surface area contributed by atoms with E-state index < -0.39 is 0 Å². The van der Waals surface area contributed by atoms with Crippen LogP contribution in [0, 0.1) is 5.92 Å². The predicted octanol–water partition coefficient (Wildman–Crippen LogP) is 1.98. The first kappa shape index (κ1) is 23.6. The molecule has 0 saturated carbocycles. The highest BCUT2D eigenvalue weighted by Gasteiger charge is 2.32. The van der Waals surface area contributed by atoms with Crippen LogP contribution >= 0.6 is 0 Å². The van der Waals surface area contributed by atoms with E-state index in [1.54, 1.807) is 11.8 Å². The van der Waals surface area contributed by atoms with Gasteiger partial charge in [0.2, 0.25) is 5.91 Å². The Morgan fingerprint density at radius 1 is 0.857 bits per heavy atom. The second-order valence-electron chi connectivity index (χ2n) is 9.26. The minimum atomic E-state index is -0.291. The number of nitrogens with zero attached hydrogens (tertiary/aromatic N) is 6. The molecule has 4 heterocycles. The van der Waals surface area contributed by atoms with Gasteiger partial charge in [-0.05, 0) is 19.8 Å². The highest BCUT2D eigenvalue weighted by molar-refractivity contribution is 5.99. The van der Waals surface area contributed by atoms with E-state index in [0.717, 1.165) is 61.4 Å². The fourth-order valence-electron chi connectivity index (χ4n) is 5.24. The summed E-state index contributed by atoms with van der Waals surface area (Å²) in [4.78, 5) is 33.2. The van der Waals surface area contributed by atoms with Gasteiger partial charge in [-0.25, -0.2) is 4.79 Å². The number of piperidine rings is 1. The molecule has 3 saturated heterocycles. The summed E-state index contributed by atoms with van der Waals surface area (Å²) in [5, 5.41) is 11.5. The van der Waals surface area contributed by atoms with Crippen molar-refractivity contribution < 1.29 is 19.1 Å². The third-order valence-electron chi connectivity index (χ3n) is 7.22. The maximum absolute atomic E-state index is 13.2. The van der Waals surface area contributed by atoms with Gasteiger partial charge in [-0.15, -0.1) is 10.2 Å². The third-order valence-corrected chi connectivity index (χ3v) is 7.22. The Bertz CT molecular complexity index is 1040. The Morgan fingerprint density at radius 2 is 1.40 bits per heavy atom. The maximum atomic E-state index is 13.2. The number of hydrogen-bond acceptors (Lipinski definition) is 8. The number of anilines is 2. The lowest BCUT2D eigenvalue weighted by atomic mass is 9.94. The Morgan fingerprint density at radius 3 is 1.97 bits per heavy atom.